The fourth-order valence-electron chi connectivity index (χ4n) is 2.27. The Bertz CT molecular complexity index is 1050. The lowest BCUT2D eigenvalue weighted by Crippen LogP contribution is -2.18. The summed E-state index contributed by atoms with van der Waals surface area (Å²) < 4.78 is 54.6. The molecule has 0 aliphatic carbocycles. The molecule has 10 heteroatoms. The van der Waals surface area contributed by atoms with Crippen molar-refractivity contribution >= 4 is 38.3 Å². The summed E-state index contributed by atoms with van der Waals surface area (Å²) in [6, 6.07) is 5.09. The monoisotopic (exact) mass is 394 g/mol. The van der Waals surface area contributed by atoms with Crippen LogP contribution in [-0.4, -0.2) is 17.4 Å². The molecular formula is C17H10F4N4OS. The third-order valence-corrected chi connectivity index (χ3v) is 4.44. The van der Waals surface area contributed by atoms with Crippen molar-refractivity contribution in [2.45, 2.75) is 6.42 Å². The van der Waals surface area contributed by atoms with Crippen molar-refractivity contribution in [1.29, 1.82) is 5.26 Å². The van der Waals surface area contributed by atoms with Gasteiger partial charge in [-0.3, -0.25) is 4.79 Å². The molecule has 1 aromatic heterocycles. The van der Waals surface area contributed by atoms with Gasteiger partial charge in [-0.1, -0.05) is 11.3 Å². The van der Waals surface area contributed by atoms with E-state index in [1.165, 1.54) is 0 Å². The summed E-state index contributed by atoms with van der Waals surface area (Å²) >= 11 is 1.01. The molecule has 0 bridgehead atoms. The van der Waals surface area contributed by atoms with E-state index in [0.29, 0.717) is 4.70 Å². The number of hydrogen-bond acceptors (Lipinski definition) is 5. The Labute approximate surface area is 154 Å². The normalized spacial score (nSPS) is 10.6. The molecule has 27 heavy (non-hydrogen) atoms. The van der Waals surface area contributed by atoms with E-state index in [4.69, 9.17) is 5.26 Å². The van der Waals surface area contributed by atoms with Crippen molar-refractivity contribution in [3.63, 3.8) is 0 Å². The molecule has 0 spiro atoms. The Morgan fingerprint density at radius 3 is 2.48 bits per heavy atom. The lowest BCUT2D eigenvalue weighted by atomic mass is 10.2. The minimum atomic E-state index is -1.06. The van der Waals surface area contributed by atoms with Crippen LogP contribution in [0.4, 0.5) is 28.4 Å². The van der Waals surface area contributed by atoms with Gasteiger partial charge in [0.2, 0.25) is 5.91 Å². The minimum absolute atomic E-state index is 0.00933. The van der Waals surface area contributed by atoms with Crippen LogP contribution in [0.2, 0.25) is 0 Å². The van der Waals surface area contributed by atoms with Crippen LogP contribution in [0.15, 0.2) is 24.3 Å². The van der Waals surface area contributed by atoms with E-state index in [2.05, 4.69) is 15.6 Å². The van der Waals surface area contributed by atoms with Crippen LogP contribution in [0.5, 0.6) is 0 Å². The predicted molar refractivity (Wildman–Crippen MR) is 92.3 cm³/mol. The summed E-state index contributed by atoms with van der Waals surface area (Å²) in [6.07, 6.45) is -0.161. The molecule has 1 heterocycles. The molecule has 1 amide bonds. The van der Waals surface area contributed by atoms with Gasteiger partial charge in [-0.25, -0.2) is 22.5 Å². The number of carbonyl (C=O) groups is 1. The van der Waals surface area contributed by atoms with Gasteiger partial charge in [0.05, 0.1) is 16.3 Å². The number of halogens is 4. The number of rotatable bonds is 5. The number of aromatic nitrogens is 1. The Morgan fingerprint density at radius 2 is 1.81 bits per heavy atom. The highest BCUT2D eigenvalue weighted by molar-refractivity contribution is 7.22. The van der Waals surface area contributed by atoms with E-state index in [1.807, 2.05) is 0 Å². The van der Waals surface area contributed by atoms with Crippen molar-refractivity contribution in [3.05, 3.63) is 53.1 Å². The molecular weight excluding hydrogens is 384 g/mol. The zero-order chi connectivity index (χ0) is 19.6. The van der Waals surface area contributed by atoms with Crippen LogP contribution in [0.1, 0.15) is 12.0 Å². The van der Waals surface area contributed by atoms with Gasteiger partial charge in [0, 0.05) is 19.0 Å². The standard InChI is InChI=1S/C17H10F4N4OS/c18-9-5-12(21)16-13(6-9)27-17(25-16)23-2-1-14(26)24-15-10(19)3-8(7-22)4-11(15)20/h3-6H,1-2H2,(H,23,25)(H,24,26). The summed E-state index contributed by atoms with van der Waals surface area (Å²) in [6.45, 7) is 0.0509. The first-order chi connectivity index (χ1) is 12.9. The molecule has 3 rings (SSSR count). The lowest BCUT2D eigenvalue weighted by Gasteiger charge is -2.08. The summed E-state index contributed by atoms with van der Waals surface area (Å²) in [5.41, 5.74) is -0.837. The van der Waals surface area contributed by atoms with Gasteiger partial charge >= 0.3 is 0 Å². The quantitative estimate of drug-likeness (QED) is 0.637. The number of thiazole rings is 1. The lowest BCUT2D eigenvalue weighted by molar-refractivity contribution is -0.116. The molecule has 138 valence electrons. The smallest absolute Gasteiger partial charge is 0.226 e. The third-order valence-electron chi connectivity index (χ3n) is 3.48. The topological polar surface area (TPSA) is 77.8 Å². The number of nitrogens with one attached hydrogen (secondary N) is 2. The van der Waals surface area contributed by atoms with E-state index < -0.39 is 34.9 Å². The Balaban J connectivity index is 1.61. The fraction of sp³-hybridized carbons (Fsp3) is 0.118. The molecule has 2 N–H and O–H groups in total. The van der Waals surface area contributed by atoms with Crippen LogP contribution in [0, 0.1) is 34.6 Å². The van der Waals surface area contributed by atoms with Gasteiger partial charge in [-0.2, -0.15) is 5.26 Å². The number of anilines is 2. The van der Waals surface area contributed by atoms with Crippen molar-refractivity contribution < 1.29 is 22.4 Å². The van der Waals surface area contributed by atoms with Crippen LogP contribution < -0.4 is 10.6 Å². The van der Waals surface area contributed by atoms with Gasteiger partial charge in [0.15, 0.2) is 22.6 Å². The number of fused-ring (bicyclic) bond motifs is 1. The first kappa shape index (κ1) is 18.6. The highest BCUT2D eigenvalue weighted by Crippen LogP contribution is 2.28. The highest BCUT2D eigenvalue weighted by Gasteiger charge is 2.15. The first-order valence-corrected chi connectivity index (χ1v) is 8.37. The van der Waals surface area contributed by atoms with Crippen LogP contribution in [-0.2, 0) is 4.79 Å². The molecule has 0 aliphatic rings. The molecule has 0 radical (unpaired) electrons. The minimum Gasteiger partial charge on any atom is -0.361 e. The highest BCUT2D eigenvalue weighted by atomic mass is 32.1. The van der Waals surface area contributed by atoms with E-state index in [9.17, 15) is 22.4 Å². The van der Waals surface area contributed by atoms with Crippen molar-refractivity contribution in [1.82, 2.24) is 4.98 Å². The van der Waals surface area contributed by atoms with Gasteiger partial charge in [0.25, 0.3) is 0 Å². The van der Waals surface area contributed by atoms with E-state index in [-0.39, 0.29) is 29.2 Å². The Kier molecular flexibility index (Phi) is 5.23. The van der Waals surface area contributed by atoms with Crippen LogP contribution in [0.3, 0.4) is 0 Å². The Morgan fingerprint density at radius 1 is 1.11 bits per heavy atom. The van der Waals surface area contributed by atoms with Gasteiger partial charge in [-0.15, -0.1) is 0 Å². The number of nitriles is 1. The number of nitrogens with zero attached hydrogens (tertiary/aromatic N) is 2. The average molecular weight is 394 g/mol. The third kappa shape index (κ3) is 4.15. The summed E-state index contributed by atoms with van der Waals surface area (Å²) in [4.78, 5) is 15.8. The molecule has 5 nitrogen and oxygen atoms in total. The SMILES string of the molecule is N#Cc1cc(F)c(NC(=O)CCNc2nc3c(F)cc(F)cc3s2)c(F)c1. The largest absolute Gasteiger partial charge is 0.361 e. The molecule has 0 fully saturated rings. The number of amides is 1. The maximum atomic E-state index is 13.7. The van der Waals surface area contributed by atoms with Gasteiger partial charge in [-0.05, 0) is 18.2 Å². The number of hydrogen-bond donors (Lipinski definition) is 2. The molecule has 0 saturated carbocycles. The van der Waals surface area contributed by atoms with E-state index in [0.717, 1.165) is 35.6 Å². The van der Waals surface area contributed by atoms with E-state index >= 15 is 0 Å². The second-order valence-electron chi connectivity index (χ2n) is 5.41. The second-order valence-corrected chi connectivity index (χ2v) is 6.44. The van der Waals surface area contributed by atoms with E-state index in [1.54, 1.807) is 6.07 Å². The second kappa shape index (κ2) is 7.59. The van der Waals surface area contributed by atoms with Crippen molar-refractivity contribution in [2.75, 3.05) is 17.2 Å². The summed E-state index contributed by atoms with van der Waals surface area (Å²) in [7, 11) is 0. The molecule has 0 aliphatic heterocycles. The van der Waals surface area contributed by atoms with Crippen molar-refractivity contribution in [2.24, 2.45) is 0 Å². The molecule has 3 aromatic rings. The zero-order valence-electron chi connectivity index (χ0n) is 13.4. The number of carbonyl (C=O) groups excluding carboxylic acids is 1. The average Bonchev–Trinajstić information content (AvgIpc) is 3.01. The van der Waals surface area contributed by atoms with Crippen LogP contribution >= 0.6 is 11.3 Å². The first-order valence-electron chi connectivity index (χ1n) is 7.56. The maximum absolute atomic E-state index is 13.7. The summed E-state index contributed by atoms with van der Waals surface area (Å²) in [5.74, 6) is -4.31. The number of benzene rings is 2. The molecule has 0 unspecified atom stereocenters. The van der Waals surface area contributed by atoms with Gasteiger partial charge in [0.1, 0.15) is 17.0 Å². The maximum Gasteiger partial charge on any atom is 0.226 e. The predicted octanol–water partition coefficient (Wildman–Crippen LogP) is 4.17. The summed E-state index contributed by atoms with van der Waals surface area (Å²) in [5, 5.41) is 13.8. The molecule has 0 atom stereocenters. The Hall–Kier alpha value is -3.19. The zero-order valence-corrected chi connectivity index (χ0v) is 14.3. The van der Waals surface area contributed by atoms with Crippen LogP contribution in [0.25, 0.3) is 10.2 Å². The van der Waals surface area contributed by atoms with Crippen molar-refractivity contribution in [3.8, 4) is 6.07 Å². The molecule has 0 saturated heterocycles. The molecule has 2 aromatic carbocycles. The fourth-order valence-corrected chi connectivity index (χ4v) is 3.21. The van der Waals surface area contributed by atoms with Gasteiger partial charge < -0.3 is 10.6 Å².